The zero-order valence-corrected chi connectivity index (χ0v) is 11.9. The molecule has 0 unspecified atom stereocenters. The number of nitrogens with zero attached hydrogens (tertiary/aromatic N) is 1. The van der Waals surface area contributed by atoms with Gasteiger partial charge in [-0.15, -0.1) is 0 Å². The Kier molecular flexibility index (Phi) is 4.26. The smallest absolute Gasteiger partial charge is 0.305 e. The van der Waals surface area contributed by atoms with Gasteiger partial charge in [0.05, 0.1) is 6.42 Å². The van der Waals surface area contributed by atoms with Crippen LogP contribution in [0.2, 0.25) is 0 Å². The van der Waals surface area contributed by atoms with E-state index >= 15 is 0 Å². The van der Waals surface area contributed by atoms with Gasteiger partial charge in [-0.1, -0.05) is 6.07 Å². The van der Waals surface area contributed by atoms with Crippen molar-refractivity contribution in [3.63, 3.8) is 0 Å². The third-order valence-electron chi connectivity index (χ3n) is 3.29. The predicted molar refractivity (Wildman–Crippen MR) is 76.7 cm³/mol. The van der Waals surface area contributed by atoms with Gasteiger partial charge in [0.15, 0.2) is 0 Å². The molecule has 0 aliphatic carbocycles. The van der Waals surface area contributed by atoms with Crippen molar-refractivity contribution >= 4 is 22.8 Å². The van der Waals surface area contributed by atoms with Crippen molar-refractivity contribution in [1.29, 1.82) is 0 Å². The van der Waals surface area contributed by atoms with Gasteiger partial charge in [-0.25, -0.2) is 4.39 Å². The molecule has 0 saturated heterocycles. The summed E-state index contributed by atoms with van der Waals surface area (Å²) in [6.45, 7) is 3.73. The molecule has 2 N–H and O–H groups in total. The van der Waals surface area contributed by atoms with E-state index in [9.17, 15) is 14.0 Å². The van der Waals surface area contributed by atoms with E-state index < -0.39 is 11.8 Å². The Labute approximate surface area is 121 Å². The average molecular weight is 292 g/mol. The largest absolute Gasteiger partial charge is 0.481 e. The van der Waals surface area contributed by atoms with E-state index in [1.54, 1.807) is 12.1 Å². The SMILES string of the molecule is CC(C)N(CCC(=O)O)C(=O)c1cc2c(F)cccc2[nH]1. The second kappa shape index (κ2) is 5.95. The molecule has 1 aromatic heterocycles. The molecule has 21 heavy (non-hydrogen) atoms. The van der Waals surface area contributed by atoms with Crippen molar-refractivity contribution in [1.82, 2.24) is 9.88 Å². The summed E-state index contributed by atoms with van der Waals surface area (Å²) in [5, 5.41) is 9.10. The molecule has 112 valence electrons. The molecule has 0 fully saturated rings. The zero-order chi connectivity index (χ0) is 15.6. The number of benzene rings is 1. The number of halogens is 1. The number of aliphatic carboxylic acids is 1. The van der Waals surface area contributed by atoms with Crippen LogP contribution in [-0.4, -0.2) is 39.5 Å². The fourth-order valence-corrected chi connectivity index (χ4v) is 2.20. The average Bonchev–Trinajstić information content (AvgIpc) is 2.83. The maximum absolute atomic E-state index is 13.7. The summed E-state index contributed by atoms with van der Waals surface area (Å²) < 4.78 is 13.7. The molecule has 0 radical (unpaired) electrons. The van der Waals surface area contributed by atoms with Crippen LogP contribution in [0.25, 0.3) is 10.9 Å². The molecule has 0 saturated carbocycles. The van der Waals surface area contributed by atoms with E-state index in [0.717, 1.165) is 0 Å². The Morgan fingerprint density at radius 2 is 2.10 bits per heavy atom. The summed E-state index contributed by atoms with van der Waals surface area (Å²) in [6, 6.07) is 5.89. The number of aromatic amines is 1. The normalized spacial score (nSPS) is 11.0. The minimum absolute atomic E-state index is 0.115. The van der Waals surface area contributed by atoms with Crippen molar-refractivity contribution in [2.45, 2.75) is 26.3 Å². The molecule has 0 spiro atoms. The summed E-state index contributed by atoms with van der Waals surface area (Å²) in [4.78, 5) is 27.5. The Bertz CT molecular complexity index is 679. The number of fused-ring (bicyclic) bond motifs is 1. The Morgan fingerprint density at radius 1 is 1.38 bits per heavy atom. The summed E-state index contributed by atoms with van der Waals surface area (Å²) in [6.07, 6.45) is -0.126. The van der Waals surface area contributed by atoms with Gasteiger partial charge in [-0.3, -0.25) is 9.59 Å². The zero-order valence-electron chi connectivity index (χ0n) is 11.9. The van der Waals surface area contributed by atoms with Gasteiger partial charge in [-0.05, 0) is 32.0 Å². The first-order valence-corrected chi connectivity index (χ1v) is 6.70. The first-order chi connectivity index (χ1) is 9.90. The highest BCUT2D eigenvalue weighted by Gasteiger charge is 2.21. The van der Waals surface area contributed by atoms with Crippen LogP contribution >= 0.6 is 0 Å². The second-order valence-electron chi connectivity index (χ2n) is 5.12. The summed E-state index contributed by atoms with van der Waals surface area (Å²) in [5.41, 5.74) is 0.800. The van der Waals surface area contributed by atoms with Gasteiger partial charge in [0.2, 0.25) is 0 Å². The highest BCUT2D eigenvalue weighted by atomic mass is 19.1. The van der Waals surface area contributed by atoms with Crippen LogP contribution in [-0.2, 0) is 4.79 Å². The third kappa shape index (κ3) is 3.21. The Hall–Kier alpha value is -2.37. The number of carboxylic acids is 1. The number of nitrogens with one attached hydrogen (secondary N) is 1. The van der Waals surface area contributed by atoms with E-state index in [4.69, 9.17) is 5.11 Å². The van der Waals surface area contributed by atoms with Crippen molar-refractivity contribution in [3.05, 3.63) is 35.8 Å². The fourth-order valence-electron chi connectivity index (χ4n) is 2.20. The molecule has 1 aromatic carbocycles. The molecule has 5 nitrogen and oxygen atoms in total. The standard InChI is InChI=1S/C15H17FN2O3/c1-9(2)18(7-6-14(19)20)15(21)13-8-10-11(16)4-3-5-12(10)17-13/h3-5,8-9,17H,6-7H2,1-2H3,(H,19,20). The summed E-state index contributed by atoms with van der Waals surface area (Å²) in [7, 11) is 0. The first-order valence-electron chi connectivity index (χ1n) is 6.70. The number of carbonyl (C=O) groups excluding carboxylic acids is 1. The van der Waals surface area contributed by atoms with Gasteiger partial charge in [0.25, 0.3) is 5.91 Å². The summed E-state index contributed by atoms with van der Waals surface area (Å²) in [5.74, 6) is -1.69. The summed E-state index contributed by atoms with van der Waals surface area (Å²) >= 11 is 0. The molecule has 2 rings (SSSR count). The van der Waals surface area contributed by atoms with Gasteiger partial charge in [0.1, 0.15) is 11.5 Å². The maximum atomic E-state index is 13.7. The second-order valence-corrected chi connectivity index (χ2v) is 5.12. The lowest BCUT2D eigenvalue weighted by Gasteiger charge is -2.25. The van der Waals surface area contributed by atoms with Gasteiger partial charge >= 0.3 is 5.97 Å². The first kappa shape index (κ1) is 15.0. The van der Waals surface area contributed by atoms with Crippen LogP contribution in [0.3, 0.4) is 0 Å². The lowest BCUT2D eigenvalue weighted by atomic mass is 10.2. The van der Waals surface area contributed by atoms with Crippen LogP contribution in [0.4, 0.5) is 4.39 Å². The Morgan fingerprint density at radius 3 is 2.67 bits per heavy atom. The quantitative estimate of drug-likeness (QED) is 0.889. The lowest BCUT2D eigenvalue weighted by molar-refractivity contribution is -0.137. The van der Waals surface area contributed by atoms with Crippen molar-refractivity contribution in [2.24, 2.45) is 0 Å². The molecular formula is C15H17FN2O3. The number of rotatable bonds is 5. The molecule has 6 heteroatoms. The van der Waals surface area contributed by atoms with Crippen LogP contribution in [0.15, 0.2) is 24.3 Å². The highest BCUT2D eigenvalue weighted by Crippen LogP contribution is 2.20. The van der Waals surface area contributed by atoms with Gasteiger partial charge < -0.3 is 15.0 Å². The molecule has 2 aromatic rings. The maximum Gasteiger partial charge on any atom is 0.305 e. The molecular weight excluding hydrogens is 275 g/mol. The number of carboxylic acid groups (broad SMARTS) is 1. The number of hydrogen-bond acceptors (Lipinski definition) is 2. The van der Waals surface area contributed by atoms with Crippen LogP contribution in [0.5, 0.6) is 0 Å². The van der Waals surface area contributed by atoms with Crippen molar-refractivity contribution in [2.75, 3.05) is 6.54 Å². The molecule has 0 bridgehead atoms. The van der Waals surface area contributed by atoms with Crippen LogP contribution in [0, 0.1) is 5.82 Å². The highest BCUT2D eigenvalue weighted by molar-refractivity contribution is 5.98. The number of carbonyl (C=O) groups is 2. The molecule has 0 aliphatic rings. The molecule has 1 amide bonds. The molecule has 1 heterocycles. The monoisotopic (exact) mass is 292 g/mol. The van der Waals surface area contributed by atoms with E-state index in [1.807, 2.05) is 13.8 Å². The van der Waals surface area contributed by atoms with E-state index in [-0.39, 0.29) is 30.6 Å². The molecule has 0 atom stereocenters. The van der Waals surface area contributed by atoms with Crippen LogP contribution in [0.1, 0.15) is 30.8 Å². The third-order valence-corrected chi connectivity index (χ3v) is 3.29. The topological polar surface area (TPSA) is 73.4 Å². The Balaban J connectivity index is 2.30. The van der Waals surface area contributed by atoms with E-state index in [2.05, 4.69) is 4.98 Å². The van der Waals surface area contributed by atoms with E-state index in [1.165, 1.54) is 17.0 Å². The molecule has 0 aliphatic heterocycles. The number of aromatic nitrogens is 1. The van der Waals surface area contributed by atoms with Crippen LogP contribution < -0.4 is 0 Å². The minimum atomic E-state index is -0.962. The fraction of sp³-hybridized carbons (Fsp3) is 0.333. The predicted octanol–water partition coefficient (Wildman–Crippen LogP) is 2.63. The van der Waals surface area contributed by atoms with Crippen molar-refractivity contribution < 1.29 is 19.1 Å². The number of hydrogen-bond donors (Lipinski definition) is 2. The van der Waals surface area contributed by atoms with Crippen molar-refractivity contribution in [3.8, 4) is 0 Å². The van der Waals surface area contributed by atoms with Gasteiger partial charge in [0, 0.05) is 23.5 Å². The lowest BCUT2D eigenvalue weighted by Crippen LogP contribution is -2.38. The number of amides is 1. The minimum Gasteiger partial charge on any atom is -0.481 e. The number of H-pyrrole nitrogens is 1. The van der Waals surface area contributed by atoms with E-state index in [0.29, 0.717) is 10.9 Å². The van der Waals surface area contributed by atoms with Gasteiger partial charge in [-0.2, -0.15) is 0 Å².